The van der Waals surface area contributed by atoms with Crippen molar-refractivity contribution < 1.29 is 127 Å². The van der Waals surface area contributed by atoms with E-state index in [-0.39, 0.29) is 0 Å². The van der Waals surface area contributed by atoms with Crippen molar-refractivity contribution in [3.8, 4) is 0 Å². The van der Waals surface area contributed by atoms with Gasteiger partial charge in [-0.3, -0.25) is 8.88 Å². The molecule has 1 saturated carbocycles. The van der Waals surface area contributed by atoms with Crippen LogP contribution in [-0.4, -0.2) is 36.6 Å². The second-order valence-electron chi connectivity index (χ2n) is 6.63. The minimum atomic E-state index is -6.97. The Bertz CT molecular complexity index is 1160. The Balaban J connectivity index is 4.13. The molecule has 0 aromatic heterocycles. The van der Waals surface area contributed by atoms with Crippen molar-refractivity contribution in [1.82, 2.24) is 0 Å². The van der Waals surface area contributed by atoms with Crippen LogP contribution in [-0.2, 0) is 63.4 Å². The minimum absolute atomic E-state index is 2.91. The lowest BCUT2D eigenvalue weighted by molar-refractivity contribution is -0.385. The maximum atomic E-state index is 11.9. The summed E-state index contributed by atoms with van der Waals surface area (Å²) in [4.78, 5) is 145. The van der Waals surface area contributed by atoms with Gasteiger partial charge in [-0.1, -0.05) is 0 Å². The summed E-state index contributed by atoms with van der Waals surface area (Å²) in [6, 6.07) is 0. The molecule has 0 aliphatic heterocycles. The molecule has 0 N–H and O–H groups in total. The molecule has 1 fully saturated rings. The van der Waals surface area contributed by atoms with Crippen LogP contribution in [0.25, 0.3) is 0 Å². The Morgan fingerprint density at radius 3 is 0.625 bits per heavy atom. The van der Waals surface area contributed by atoms with Crippen LogP contribution in [0.15, 0.2) is 0 Å². The van der Waals surface area contributed by atoms with E-state index in [0.717, 1.165) is 0 Å². The Hall–Kier alpha value is 0.810. The fraction of sp³-hybridized carbons (Fsp3) is 1.00. The van der Waals surface area contributed by atoms with E-state index in [0.29, 0.717) is 0 Å². The standard InChI is InChI=1S/C6H19O27P7/c7-34(8,9)27-1-2(28-35(10,11)12)4(30-37(16,17)18)6(32-40(25,26)33-39(22,23)24)5(31-38(19,20)21)3(1)29-36(13,14)15/h1-6H,(H,25,26)(H2,7,8,9)(H2,10,11,12)(H2,13,14,15)(H2,16,17,18)(H2,19,20,21)(H2,22,23,24)/p-13/t1?,2-,3-,4-,5+,6?/m0/s1. The van der Waals surface area contributed by atoms with Crippen molar-refractivity contribution in [2.75, 3.05) is 0 Å². The summed E-state index contributed by atoms with van der Waals surface area (Å²) in [5.74, 6) is 0. The van der Waals surface area contributed by atoms with Gasteiger partial charge in [-0.15, -0.1) is 0 Å². The zero-order valence-electron chi connectivity index (χ0n) is 17.6. The molecule has 0 heterocycles. The number of hydrogen-bond acceptors (Lipinski definition) is 27. The molecule has 1 rings (SSSR count). The first-order valence-corrected chi connectivity index (χ1v) is 18.8. The van der Waals surface area contributed by atoms with Gasteiger partial charge in [-0.05, 0) is 0 Å². The topological polar surface area (TPSA) is 484 Å². The Kier molecular flexibility index (Phi) is 12.7. The molecule has 0 radical (unpaired) electrons. The molecule has 0 bridgehead atoms. The van der Waals surface area contributed by atoms with E-state index in [9.17, 15) is 95.6 Å². The maximum absolute atomic E-state index is 11.9. The molecular formula is C6H6O27P7-13. The van der Waals surface area contributed by atoms with Crippen LogP contribution < -0.4 is 63.6 Å². The second kappa shape index (κ2) is 13.0. The van der Waals surface area contributed by atoms with Crippen LogP contribution in [0.1, 0.15) is 0 Å². The quantitative estimate of drug-likeness (QED) is 0.150. The highest BCUT2D eigenvalue weighted by molar-refractivity contribution is 7.58. The predicted octanol–water partition coefficient (Wildman–Crippen LogP) is -11.2. The lowest BCUT2D eigenvalue weighted by Gasteiger charge is -2.56. The molecule has 0 amide bonds. The van der Waals surface area contributed by atoms with Crippen LogP contribution in [0.3, 0.4) is 0 Å². The zero-order chi connectivity index (χ0) is 31.9. The fourth-order valence-corrected chi connectivity index (χ4v) is 7.24. The third kappa shape index (κ3) is 15.0. The van der Waals surface area contributed by atoms with Crippen molar-refractivity contribution >= 4 is 54.8 Å². The number of hydrogen-bond donors (Lipinski definition) is 0. The number of phosphoric acid groups is 7. The van der Waals surface area contributed by atoms with E-state index in [1.165, 1.54) is 0 Å². The molecule has 1 aliphatic carbocycles. The SMILES string of the molecule is O=P([O-])([O-])OC1[C@H](OP(=O)([O-])[O-])[C@H](OP(=O)([O-])[O-])C(OP(=O)([O-])OP(=O)([O-])[O-])[C@H](OP(=O)([O-])[O-])[C@H]1OP(=O)([O-])[O-]. The molecule has 40 heavy (non-hydrogen) atoms. The van der Waals surface area contributed by atoms with E-state index >= 15 is 0 Å². The summed E-state index contributed by atoms with van der Waals surface area (Å²) < 4.78 is 103. The Morgan fingerprint density at radius 1 is 0.300 bits per heavy atom. The minimum Gasteiger partial charge on any atom is -0.790 e. The molecule has 7 atom stereocenters. The molecule has 240 valence electrons. The summed E-state index contributed by atoms with van der Waals surface area (Å²) in [6.07, 6.45) is -22.5. The highest BCUT2D eigenvalue weighted by atomic mass is 31.3. The third-order valence-corrected chi connectivity index (χ3v) is 8.26. The first-order valence-electron chi connectivity index (χ1n) is 8.53. The van der Waals surface area contributed by atoms with Gasteiger partial charge in [0.2, 0.25) is 0 Å². The first-order chi connectivity index (χ1) is 17.3. The molecule has 3 unspecified atom stereocenters. The number of rotatable bonds is 14. The summed E-state index contributed by atoms with van der Waals surface area (Å²) in [7, 11) is -47.8. The average Bonchev–Trinajstić information content (AvgIpc) is 2.57. The van der Waals surface area contributed by atoms with Gasteiger partial charge < -0.3 is 118 Å². The van der Waals surface area contributed by atoms with Gasteiger partial charge in [-0.2, -0.15) is 0 Å². The van der Waals surface area contributed by atoms with Crippen LogP contribution >= 0.6 is 54.8 Å². The van der Waals surface area contributed by atoms with Gasteiger partial charge in [0.25, 0.3) is 7.82 Å². The van der Waals surface area contributed by atoms with Crippen molar-refractivity contribution in [2.24, 2.45) is 0 Å². The molecule has 1 aliphatic rings. The van der Waals surface area contributed by atoms with Crippen LogP contribution in [0, 0.1) is 0 Å². The molecule has 0 saturated heterocycles. The van der Waals surface area contributed by atoms with Crippen LogP contribution in [0.5, 0.6) is 0 Å². The van der Waals surface area contributed by atoms with Gasteiger partial charge in [0.1, 0.15) is 36.6 Å². The largest absolute Gasteiger partial charge is 0.790 e. The smallest absolute Gasteiger partial charge is 0.272 e. The van der Waals surface area contributed by atoms with Gasteiger partial charge in [-0.25, -0.2) is 0 Å². The van der Waals surface area contributed by atoms with Crippen molar-refractivity contribution in [2.45, 2.75) is 36.6 Å². The van der Waals surface area contributed by atoms with E-state index in [2.05, 4.69) is 31.5 Å². The zero-order valence-corrected chi connectivity index (χ0v) is 23.9. The Morgan fingerprint density at radius 2 is 0.475 bits per heavy atom. The first kappa shape index (κ1) is 38.8. The van der Waals surface area contributed by atoms with Crippen LogP contribution in [0.4, 0.5) is 0 Å². The second-order valence-corrected chi connectivity index (χ2v) is 14.8. The van der Waals surface area contributed by atoms with E-state index in [1.54, 1.807) is 0 Å². The van der Waals surface area contributed by atoms with Gasteiger partial charge in [0.05, 0.1) is 46.9 Å². The monoisotopic (exact) mass is 727 g/mol. The van der Waals surface area contributed by atoms with Crippen LogP contribution in [0.2, 0.25) is 0 Å². The lowest BCUT2D eigenvalue weighted by Crippen LogP contribution is -2.68. The molecule has 0 aromatic carbocycles. The summed E-state index contributed by atoms with van der Waals surface area (Å²) in [6.45, 7) is 0. The maximum Gasteiger partial charge on any atom is 0.272 e. The third-order valence-electron chi connectivity index (χ3n) is 3.65. The molecule has 0 spiro atoms. The highest BCUT2D eigenvalue weighted by Gasteiger charge is 2.57. The summed E-state index contributed by atoms with van der Waals surface area (Å²) in [5.41, 5.74) is 0. The van der Waals surface area contributed by atoms with Gasteiger partial charge in [0, 0.05) is 0 Å². The van der Waals surface area contributed by atoms with Crippen molar-refractivity contribution in [1.29, 1.82) is 0 Å². The molecule has 0 aromatic rings. The average molecular weight is 727 g/mol. The van der Waals surface area contributed by atoms with Crippen molar-refractivity contribution in [3.05, 3.63) is 0 Å². The molecular weight excluding hydrogens is 721 g/mol. The normalized spacial score (nSPS) is 29.2. The van der Waals surface area contributed by atoms with Gasteiger partial charge in [0.15, 0.2) is 0 Å². The number of phosphoric ester groups is 6. The van der Waals surface area contributed by atoms with E-state index in [1.807, 2.05) is 0 Å². The predicted molar refractivity (Wildman–Crippen MR) is 83.6 cm³/mol. The van der Waals surface area contributed by atoms with E-state index in [4.69, 9.17) is 0 Å². The van der Waals surface area contributed by atoms with Gasteiger partial charge >= 0.3 is 0 Å². The lowest BCUT2D eigenvalue weighted by atomic mass is 9.85. The van der Waals surface area contributed by atoms with Crippen molar-refractivity contribution in [3.63, 3.8) is 0 Å². The highest BCUT2D eigenvalue weighted by Crippen LogP contribution is 2.56. The molecule has 27 nitrogen and oxygen atoms in total. The fourth-order valence-electron chi connectivity index (χ4n) is 2.88. The summed E-state index contributed by atoms with van der Waals surface area (Å²) >= 11 is 0. The Labute approximate surface area is 219 Å². The van der Waals surface area contributed by atoms with E-state index < -0.39 is 91.4 Å². The molecule has 34 heteroatoms. The summed E-state index contributed by atoms with van der Waals surface area (Å²) in [5, 5.41) is 0.